The summed E-state index contributed by atoms with van der Waals surface area (Å²) in [5.41, 5.74) is 1.39. The van der Waals surface area contributed by atoms with Gasteiger partial charge in [0.05, 0.1) is 0 Å². The lowest BCUT2D eigenvalue weighted by molar-refractivity contribution is 0.616. The molecule has 0 saturated heterocycles. The lowest BCUT2D eigenvalue weighted by Crippen LogP contribution is -2.30. The maximum absolute atomic E-state index is 3.51. The van der Waals surface area contributed by atoms with Gasteiger partial charge in [0.1, 0.15) is 0 Å². The number of rotatable bonds is 6. The van der Waals surface area contributed by atoms with Crippen molar-refractivity contribution in [2.24, 2.45) is 0 Å². The van der Waals surface area contributed by atoms with E-state index in [1.807, 2.05) is 18.8 Å². The average molecular weight is 302 g/mol. The Morgan fingerprint density at radius 2 is 2.12 bits per heavy atom. The standard InChI is InChI=1S/C13H20BrNS/c1-10(2)16-9-13(15-3)8-11-5-4-6-12(14)7-11/h4-7,10,13,15H,8-9H2,1-3H3. The summed E-state index contributed by atoms with van der Waals surface area (Å²) in [6, 6.07) is 9.11. The number of likely N-dealkylation sites (N-methyl/N-ethyl adjacent to an activating group) is 1. The zero-order chi connectivity index (χ0) is 12.0. The fraction of sp³-hybridized carbons (Fsp3) is 0.538. The monoisotopic (exact) mass is 301 g/mol. The van der Waals surface area contributed by atoms with E-state index in [0.29, 0.717) is 11.3 Å². The minimum absolute atomic E-state index is 0.557. The number of hydrogen-bond donors (Lipinski definition) is 1. The van der Waals surface area contributed by atoms with Crippen LogP contribution in [0, 0.1) is 0 Å². The highest BCUT2D eigenvalue weighted by Crippen LogP contribution is 2.16. The van der Waals surface area contributed by atoms with Crippen LogP contribution in [0.5, 0.6) is 0 Å². The van der Waals surface area contributed by atoms with Crippen molar-refractivity contribution >= 4 is 27.7 Å². The van der Waals surface area contributed by atoms with Gasteiger partial charge in [-0.25, -0.2) is 0 Å². The highest BCUT2D eigenvalue weighted by atomic mass is 79.9. The lowest BCUT2D eigenvalue weighted by Gasteiger charge is -2.17. The van der Waals surface area contributed by atoms with Gasteiger partial charge in [-0.05, 0) is 36.4 Å². The van der Waals surface area contributed by atoms with Crippen LogP contribution in [-0.4, -0.2) is 24.1 Å². The summed E-state index contributed by atoms with van der Waals surface area (Å²) >= 11 is 5.52. The first kappa shape index (κ1) is 14.1. The molecule has 0 fully saturated rings. The molecule has 0 aromatic heterocycles. The highest BCUT2D eigenvalue weighted by Gasteiger charge is 2.08. The van der Waals surface area contributed by atoms with Crippen LogP contribution in [0.1, 0.15) is 19.4 Å². The Kier molecular flexibility index (Phi) is 6.47. The van der Waals surface area contributed by atoms with E-state index in [2.05, 4.69) is 59.4 Å². The zero-order valence-corrected chi connectivity index (χ0v) is 12.6. The van der Waals surface area contributed by atoms with Crippen molar-refractivity contribution in [1.29, 1.82) is 0 Å². The molecule has 1 nitrogen and oxygen atoms in total. The van der Waals surface area contributed by atoms with Gasteiger partial charge >= 0.3 is 0 Å². The van der Waals surface area contributed by atoms with E-state index in [1.165, 1.54) is 11.3 Å². The molecule has 16 heavy (non-hydrogen) atoms. The molecule has 90 valence electrons. The second-order valence-electron chi connectivity index (χ2n) is 4.20. The smallest absolute Gasteiger partial charge is 0.0195 e. The van der Waals surface area contributed by atoms with Crippen LogP contribution in [0.25, 0.3) is 0 Å². The summed E-state index contributed by atoms with van der Waals surface area (Å²) in [6.07, 6.45) is 1.09. The van der Waals surface area contributed by atoms with Crippen LogP contribution < -0.4 is 5.32 Å². The average Bonchev–Trinajstić information content (AvgIpc) is 2.24. The van der Waals surface area contributed by atoms with Crippen molar-refractivity contribution in [2.45, 2.75) is 31.6 Å². The zero-order valence-electron chi connectivity index (χ0n) is 10.2. The molecule has 0 bridgehead atoms. The second-order valence-corrected chi connectivity index (χ2v) is 6.73. The quantitative estimate of drug-likeness (QED) is 0.859. The molecular formula is C13H20BrNS. The van der Waals surface area contributed by atoms with E-state index in [1.54, 1.807) is 0 Å². The number of benzene rings is 1. The molecule has 3 heteroatoms. The van der Waals surface area contributed by atoms with Crippen molar-refractivity contribution in [3.05, 3.63) is 34.3 Å². The van der Waals surface area contributed by atoms with E-state index in [-0.39, 0.29) is 0 Å². The van der Waals surface area contributed by atoms with Crippen LogP contribution in [0.4, 0.5) is 0 Å². The fourth-order valence-electron chi connectivity index (χ4n) is 1.50. The maximum atomic E-state index is 3.51. The molecule has 0 aliphatic rings. The number of halogens is 1. The molecule has 1 aromatic rings. The Morgan fingerprint density at radius 3 is 2.69 bits per heavy atom. The Bertz CT molecular complexity index is 315. The minimum atomic E-state index is 0.557. The van der Waals surface area contributed by atoms with Crippen molar-refractivity contribution in [2.75, 3.05) is 12.8 Å². The minimum Gasteiger partial charge on any atom is -0.316 e. The first-order chi connectivity index (χ1) is 7.61. The predicted molar refractivity (Wildman–Crippen MR) is 78.3 cm³/mol. The van der Waals surface area contributed by atoms with Gasteiger partial charge in [-0.1, -0.05) is 41.9 Å². The molecule has 0 amide bonds. The van der Waals surface area contributed by atoms with Gasteiger partial charge in [0.2, 0.25) is 0 Å². The normalized spacial score (nSPS) is 13.1. The Hall–Kier alpha value is 0.01000. The molecular weight excluding hydrogens is 282 g/mol. The topological polar surface area (TPSA) is 12.0 Å². The van der Waals surface area contributed by atoms with Crippen molar-refractivity contribution < 1.29 is 0 Å². The Balaban J connectivity index is 2.49. The van der Waals surface area contributed by atoms with Gasteiger partial charge in [0.15, 0.2) is 0 Å². The SMILES string of the molecule is CNC(CSC(C)C)Cc1cccc(Br)c1. The van der Waals surface area contributed by atoms with Crippen LogP contribution in [0.2, 0.25) is 0 Å². The van der Waals surface area contributed by atoms with E-state index in [9.17, 15) is 0 Å². The number of hydrogen-bond acceptors (Lipinski definition) is 2. The van der Waals surface area contributed by atoms with Crippen molar-refractivity contribution in [3.63, 3.8) is 0 Å². The summed E-state index contributed by atoms with van der Waals surface area (Å²) < 4.78 is 1.16. The molecule has 0 aliphatic carbocycles. The number of nitrogens with one attached hydrogen (secondary N) is 1. The molecule has 1 atom stereocenters. The maximum Gasteiger partial charge on any atom is 0.0195 e. The molecule has 0 spiro atoms. The third-order valence-corrected chi connectivity index (χ3v) is 4.16. The Morgan fingerprint density at radius 1 is 1.38 bits per heavy atom. The van der Waals surface area contributed by atoms with Crippen LogP contribution in [0.3, 0.4) is 0 Å². The van der Waals surface area contributed by atoms with Crippen LogP contribution in [-0.2, 0) is 6.42 Å². The molecule has 1 unspecified atom stereocenters. The van der Waals surface area contributed by atoms with Crippen molar-refractivity contribution in [1.82, 2.24) is 5.32 Å². The van der Waals surface area contributed by atoms with E-state index in [4.69, 9.17) is 0 Å². The summed E-state index contributed by atoms with van der Waals surface area (Å²) in [4.78, 5) is 0. The van der Waals surface area contributed by atoms with Crippen LogP contribution in [0.15, 0.2) is 28.7 Å². The fourth-order valence-corrected chi connectivity index (χ4v) is 2.85. The van der Waals surface area contributed by atoms with Gasteiger partial charge in [-0.15, -0.1) is 0 Å². The van der Waals surface area contributed by atoms with Gasteiger partial charge in [0.25, 0.3) is 0 Å². The summed E-state index contributed by atoms with van der Waals surface area (Å²) in [5.74, 6) is 1.17. The van der Waals surface area contributed by atoms with Crippen LogP contribution >= 0.6 is 27.7 Å². The van der Waals surface area contributed by atoms with Gasteiger partial charge in [-0.2, -0.15) is 11.8 Å². The van der Waals surface area contributed by atoms with Gasteiger partial charge < -0.3 is 5.32 Å². The predicted octanol–water partition coefficient (Wildman–Crippen LogP) is 3.72. The second kappa shape index (κ2) is 7.36. The Labute approximate surface area is 112 Å². The third-order valence-electron chi connectivity index (χ3n) is 2.41. The number of thioether (sulfide) groups is 1. The molecule has 0 heterocycles. The summed E-state index contributed by atoms with van der Waals surface area (Å²) in [7, 11) is 2.05. The molecule has 1 rings (SSSR count). The largest absolute Gasteiger partial charge is 0.316 e. The first-order valence-electron chi connectivity index (χ1n) is 5.65. The van der Waals surface area contributed by atoms with Crippen molar-refractivity contribution in [3.8, 4) is 0 Å². The van der Waals surface area contributed by atoms with Gasteiger partial charge in [0, 0.05) is 16.3 Å². The van der Waals surface area contributed by atoms with E-state index >= 15 is 0 Å². The molecule has 0 aliphatic heterocycles. The molecule has 0 saturated carbocycles. The molecule has 0 radical (unpaired) electrons. The molecule has 1 N–H and O–H groups in total. The summed E-state index contributed by atoms with van der Waals surface area (Å²) in [6.45, 7) is 4.49. The van der Waals surface area contributed by atoms with E-state index < -0.39 is 0 Å². The van der Waals surface area contributed by atoms with Gasteiger partial charge in [-0.3, -0.25) is 0 Å². The van der Waals surface area contributed by atoms with E-state index in [0.717, 1.165) is 10.9 Å². The lowest BCUT2D eigenvalue weighted by atomic mass is 10.1. The summed E-state index contributed by atoms with van der Waals surface area (Å²) in [5, 5.41) is 4.10. The first-order valence-corrected chi connectivity index (χ1v) is 7.49. The third kappa shape index (κ3) is 5.37. The molecule has 1 aromatic carbocycles. The highest BCUT2D eigenvalue weighted by molar-refractivity contribution is 9.10.